The van der Waals surface area contributed by atoms with E-state index >= 15 is 0 Å². The highest BCUT2D eigenvalue weighted by Crippen LogP contribution is 2.17. The van der Waals surface area contributed by atoms with Crippen molar-refractivity contribution >= 4 is 28.1 Å². The number of carboxylic acid groups (broad SMARTS) is 1. The van der Waals surface area contributed by atoms with Gasteiger partial charge >= 0.3 is 5.97 Å². The summed E-state index contributed by atoms with van der Waals surface area (Å²) in [6.07, 6.45) is 0. The Morgan fingerprint density at radius 3 is 2.82 bits per heavy atom. The average molecular weight is 250 g/mol. The lowest BCUT2D eigenvalue weighted by atomic mass is 10.2. The highest BCUT2D eigenvalue weighted by Gasteiger charge is 2.09. The molecule has 0 radical (unpaired) electrons. The van der Waals surface area contributed by atoms with Crippen LogP contribution in [0.5, 0.6) is 0 Å². The highest BCUT2D eigenvalue weighted by atomic mass is 32.1. The van der Waals surface area contributed by atoms with E-state index in [0.717, 1.165) is 0 Å². The van der Waals surface area contributed by atoms with Crippen LogP contribution in [0.4, 0.5) is 10.8 Å². The van der Waals surface area contributed by atoms with Crippen molar-refractivity contribution in [3.05, 3.63) is 34.8 Å². The molecular weight excluding hydrogens is 240 g/mol. The van der Waals surface area contributed by atoms with Gasteiger partial charge in [0.2, 0.25) is 5.13 Å². The third-order valence-corrected chi connectivity index (χ3v) is 2.82. The fourth-order valence-electron chi connectivity index (χ4n) is 1.33. The number of rotatable bonds is 4. The summed E-state index contributed by atoms with van der Waals surface area (Å²) >= 11 is 1.27. The van der Waals surface area contributed by atoms with Crippen LogP contribution in [-0.4, -0.2) is 21.3 Å². The van der Waals surface area contributed by atoms with Crippen LogP contribution >= 0.6 is 11.3 Å². The van der Waals surface area contributed by atoms with Gasteiger partial charge in [0.15, 0.2) is 0 Å². The molecule has 0 unspecified atom stereocenters. The maximum atomic E-state index is 11.0. The van der Waals surface area contributed by atoms with E-state index in [1.54, 1.807) is 24.3 Å². The molecule has 1 heterocycles. The second-order valence-electron chi connectivity index (χ2n) is 3.24. The Morgan fingerprint density at radius 1 is 1.41 bits per heavy atom. The summed E-state index contributed by atoms with van der Waals surface area (Å²) in [6, 6.07) is 6.69. The van der Waals surface area contributed by atoms with E-state index in [2.05, 4.69) is 15.5 Å². The van der Waals surface area contributed by atoms with Crippen LogP contribution in [0.25, 0.3) is 0 Å². The zero-order chi connectivity index (χ0) is 12.3. The molecular formula is C10H10N4O2S. The summed E-state index contributed by atoms with van der Waals surface area (Å²) in [6.45, 7) is 0.402. The molecule has 0 aliphatic rings. The minimum absolute atomic E-state index is 0.227. The molecule has 0 saturated heterocycles. The predicted octanol–water partition coefficient (Wildman–Crippen LogP) is 1.43. The molecule has 0 saturated carbocycles. The van der Waals surface area contributed by atoms with E-state index < -0.39 is 5.97 Å². The average Bonchev–Trinajstić information content (AvgIpc) is 2.73. The second kappa shape index (κ2) is 4.79. The smallest absolute Gasteiger partial charge is 0.337 e. The van der Waals surface area contributed by atoms with Gasteiger partial charge in [0.05, 0.1) is 12.1 Å². The second-order valence-corrected chi connectivity index (χ2v) is 4.33. The number of nitrogens with two attached hydrogens (primary N) is 1. The Morgan fingerprint density at radius 2 is 2.18 bits per heavy atom. The predicted molar refractivity (Wildman–Crippen MR) is 65.0 cm³/mol. The number of carbonyl (C=O) groups is 1. The monoisotopic (exact) mass is 250 g/mol. The summed E-state index contributed by atoms with van der Waals surface area (Å²) in [5.74, 6) is -0.968. The molecule has 0 fully saturated rings. The van der Waals surface area contributed by atoms with E-state index in [1.165, 1.54) is 11.3 Å². The molecule has 7 heteroatoms. The largest absolute Gasteiger partial charge is 0.478 e. The van der Waals surface area contributed by atoms with Crippen molar-refractivity contribution in [3.63, 3.8) is 0 Å². The number of nitrogens with one attached hydrogen (secondary N) is 1. The lowest BCUT2D eigenvalue weighted by Gasteiger charge is -2.06. The fourth-order valence-corrected chi connectivity index (χ4v) is 1.88. The van der Waals surface area contributed by atoms with Gasteiger partial charge in [-0.25, -0.2) is 4.79 Å². The first-order valence-corrected chi connectivity index (χ1v) is 5.62. The summed E-state index contributed by atoms with van der Waals surface area (Å²) in [5.41, 5.74) is 6.23. The number of carboxylic acids is 1. The lowest BCUT2D eigenvalue weighted by Crippen LogP contribution is -2.05. The molecule has 0 aliphatic carbocycles. The molecule has 0 aliphatic heterocycles. The van der Waals surface area contributed by atoms with Crippen molar-refractivity contribution in [2.45, 2.75) is 6.54 Å². The molecule has 17 heavy (non-hydrogen) atoms. The Bertz CT molecular complexity index is 541. The number of hydrogen-bond donors (Lipinski definition) is 3. The first kappa shape index (κ1) is 11.3. The Balaban J connectivity index is 2.11. The molecule has 2 aromatic rings. The van der Waals surface area contributed by atoms with Gasteiger partial charge in [-0.2, -0.15) is 0 Å². The van der Waals surface area contributed by atoms with Crippen molar-refractivity contribution < 1.29 is 9.90 Å². The maximum absolute atomic E-state index is 11.0. The van der Waals surface area contributed by atoms with Gasteiger partial charge in [-0.1, -0.05) is 23.5 Å². The Hall–Kier alpha value is -2.15. The molecule has 4 N–H and O–H groups in total. The molecule has 0 bridgehead atoms. The number of aromatic nitrogens is 2. The molecule has 2 rings (SSSR count). The van der Waals surface area contributed by atoms with E-state index in [9.17, 15) is 4.79 Å². The minimum Gasteiger partial charge on any atom is -0.478 e. The summed E-state index contributed by atoms with van der Waals surface area (Å²) in [4.78, 5) is 11.0. The number of hydrogen-bond acceptors (Lipinski definition) is 6. The van der Waals surface area contributed by atoms with Crippen molar-refractivity contribution in [1.29, 1.82) is 0 Å². The minimum atomic E-state index is -0.968. The zero-order valence-electron chi connectivity index (χ0n) is 8.75. The van der Waals surface area contributed by atoms with Crippen LogP contribution in [0.1, 0.15) is 15.4 Å². The summed E-state index contributed by atoms with van der Waals surface area (Å²) in [7, 11) is 0. The Labute approximate surface area is 101 Å². The normalized spacial score (nSPS) is 10.1. The van der Waals surface area contributed by atoms with Crippen LogP contribution in [0.2, 0.25) is 0 Å². The lowest BCUT2D eigenvalue weighted by molar-refractivity contribution is 0.0698. The molecule has 0 atom stereocenters. The van der Waals surface area contributed by atoms with Gasteiger partial charge in [-0.15, -0.1) is 10.2 Å². The SMILES string of the molecule is Nc1nnc(CNc2ccccc2C(=O)O)s1. The standard InChI is InChI=1S/C10H10N4O2S/c11-10-14-13-8(17-10)5-12-7-4-2-1-3-6(7)9(15)16/h1-4,12H,5H2,(H2,11,14)(H,15,16). The number of benzene rings is 1. The third kappa shape index (κ3) is 2.70. The van der Waals surface area contributed by atoms with Crippen LogP contribution in [0.3, 0.4) is 0 Å². The van der Waals surface area contributed by atoms with E-state index in [-0.39, 0.29) is 5.56 Å². The van der Waals surface area contributed by atoms with Gasteiger partial charge in [0.1, 0.15) is 5.01 Å². The summed E-state index contributed by atoms with van der Waals surface area (Å²) < 4.78 is 0. The number of nitrogen functional groups attached to an aromatic ring is 1. The van der Waals surface area contributed by atoms with Crippen molar-refractivity contribution in [2.75, 3.05) is 11.1 Å². The van der Waals surface area contributed by atoms with Gasteiger partial charge in [-0.3, -0.25) is 0 Å². The van der Waals surface area contributed by atoms with E-state index in [0.29, 0.717) is 22.4 Å². The van der Waals surface area contributed by atoms with Gasteiger partial charge in [-0.05, 0) is 12.1 Å². The third-order valence-electron chi connectivity index (χ3n) is 2.07. The maximum Gasteiger partial charge on any atom is 0.337 e. The number of anilines is 2. The van der Waals surface area contributed by atoms with Crippen molar-refractivity contribution in [1.82, 2.24) is 10.2 Å². The van der Waals surface area contributed by atoms with Gasteiger partial charge in [0.25, 0.3) is 0 Å². The topological polar surface area (TPSA) is 101 Å². The molecule has 0 spiro atoms. The molecule has 0 amide bonds. The molecule has 88 valence electrons. The highest BCUT2D eigenvalue weighted by molar-refractivity contribution is 7.15. The van der Waals surface area contributed by atoms with E-state index in [1.807, 2.05) is 0 Å². The van der Waals surface area contributed by atoms with Crippen LogP contribution in [0.15, 0.2) is 24.3 Å². The number of aromatic carboxylic acids is 1. The fraction of sp³-hybridized carbons (Fsp3) is 0.100. The van der Waals surface area contributed by atoms with Gasteiger partial charge in [0, 0.05) is 5.69 Å². The van der Waals surface area contributed by atoms with E-state index in [4.69, 9.17) is 10.8 Å². The quantitative estimate of drug-likeness (QED) is 0.758. The van der Waals surface area contributed by atoms with Gasteiger partial charge < -0.3 is 16.2 Å². The first-order valence-electron chi connectivity index (χ1n) is 4.81. The van der Waals surface area contributed by atoms with Crippen LogP contribution in [-0.2, 0) is 6.54 Å². The molecule has 1 aromatic carbocycles. The molecule has 6 nitrogen and oxygen atoms in total. The zero-order valence-corrected chi connectivity index (χ0v) is 9.57. The number of para-hydroxylation sites is 1. The molecule has 1 aromatic heterocycles. The van der Waals surface area contributed by atoms with Crippen LogP contribution < -0.4 is 11.1 Å². The number of nitrogens with zero attached hydrogens (tertiary/aromatic N) is 2. The van der Waals surface area contributed by atoms with Crippen LogP contribution in [0, 0.1) is 0 Å². The van der Waals surface area contributed by atoms with Crippen molar-refractivity contribution in [3.8, 4) is 0 Å². The van der Waals surface area contributed by atoms with Crippen molar-refractivity contribution in [2.24, 2.45) is 0 Å². The first-order chi connectivity index (χ1) is 8.16. The Kier molecular flexibility index (Phi) is 3.20. The summed E-state index contributed by atoms with van der Waals surface area (Å²) in [5, 5.41) is 20.6.